The van der Waals surface area contributed by atoms with Gasteiger partial charge in [0, 0.05) is 11.6 Å². The van der Waals surface area contributed by atoms with E-state index in [2.05, 4.69) is 0 Å². The molecule has 0 N–H and O–H groups in total. The van der Waals surface area contributed by atoms with Crippen LogP contribution in [0, 0.1) is 11.6 Å². The summed E-state index contributed by atoms with van der Waals surface area (Å²) in [4.78, 5) is 0. The predicted molar refractivity (Wildman–Crippen MR) is 35.5 cm³/mol. The highest BCUT2D eigenvalue weighted by molar-refractivity contribution is 5.20. The van der Waals surface area contributed by atoms with Crippen molar-refractivity contribution in [2.45, 2.75) is 13.0 Å². The topological polar surface area (TPSA) is 19.9 Å². The summed E-state index contributed by atoms with van der Waals surface area (Å²) in [5.74, 6) is -1.43. The zero-order valence-corrected chi connectivity index (χ0v) is 5.97. The molecule has 0 spiro atoms. The van der Waals surface area contributed by atoms with Gasteiger partial charge in [0.1, 0.15) is 17.7 Å². The van der Waals surface area contributed by atoms with Gasteiger partial charge in [-0.15, -0.1) is 0 Å². The Kier molecular flexibility index (Phi) is 2.19. The molecule has 0 aliphatic carbocycles. The fourth-order valence-electron chi connectivity index (χ4n) is 0.831. The van der Waals surface area contributed by atoms with Gasteiger partial charge in [0.2, 0.25) is 0 Å². The maximum atomic E-state index is 12.7. The molecule has 1 aromatic rings. The monoisotopic (exact) mass is 157 g/mol. The van der Waals surface area contributed by atoms with Gasteiger partial charge >= 0.3 is 0 Å². The minimum Gasteiger partial charge on any atom is -0.228 e. The van der Waals surface area contributed by atoms with Crippen LogP contribution in [0.3, 0.4) is 0 Å². The Morgan fingerprint density at radius 2 is 2.00 bits per heavy atom. The summed E-state index contributed by atoms with van der Waals surface area (Å²) in [5.41, 5.74) is 0.00593. The van der Waals surface area contributed by atoms with Gasteiger partial charge in [-0.2, -0.15) is 0 Å². The Labute approximate surface area is 63.3 Å². The van der Waals surface area contributed by atoms with Crippen molar-refractivity contribution in [3.05, 3.63) is 35.4 Å². The van der Waals surface area contributed by atoms with E-state index >= 15 is 0 Å². The van der Waals surface area contributed by atoms with Gasteiger partial charge < -0.3 is 0 Å². The van der Waals surface area contributed by atoms with Crippen molar-refractivity contribution in [3.63, 3.8) is 0 Å². The Hall–Kier alpha value is -0.960. The molecule has 0 bridgehead atoms. The Bertz CT molecular complexity index is 258. The first-order valence-electron chi connectivity index (χ1n) is 3.22. The molecule has 3 heteroatoms. The van der Waals surface area contributed by atoms with Crippen molar-refractivity contribution in [2.75, 3.05) is 0 Å². The highest BCUT2D eigenvalue weighted by Crippen LogP contribution is 2.17. The van der Waals surface area contributed by atoms with Crippen molar-refractivity contribution < 1.29 is 13.9 Å². The molecule has 11 heavy (non-hydrogen) atoms. The van der Waals surface area contributed by atoms with Crippen molar-refractivity contribution in [1.29, 1.82) is 0 Å². The summed E-state index contributed by atoms with van der Waals surface area (Å²) in [6.07, 6.45) is -1.14. The largest absolute Gasteiger partial charge is 0.228 e. The molecule has 1 atom stereocenters. The van der Waals surface area contributed by atoms with Gasteiger partial charge in [0.05, 0.1) is 0 Å². The summed E-state index contributed by atoms with van der Waals surface area (Å²) in [7, 11) is 0. The highest BCUT2D eigenvalue weighted by atomic mass is 19.1. The van der Waals surface area contributed by atoms with Gasteiger partial charge in [-0.25, -0.2) is 13.9 Å². The third-order valence-electron chi connectivity index (χ3n) is 1.40. The van der Waals surface area contributed by atoms with Crippen LogP contribution in [0.15, 0.2) is 18.2 Å². The minimum atomic E-state index is -1.14. The number of hydrogen-bond acceptors (Lipinski definition) is 0. The van der Waals surface area contributed by atoms with E-state index < -0.39 is 17.7 Å². The number of benzene rings is 1. The molecule has 0 aliphatic heterocycles. The van der Waals surface area contributed by atoms with E-state index in [0.29, 0.717) is 6.07 Å². The lowest BCUT2D eigenvalue weighted by molar-refractivity contribution is 0.103. The molecule has 1 rings (SSSR count). The molecule has 59 valence electrons. The maximum Gasteiger partial charge on any atom is 0.132 e. The lowest BCUT2D eigenvalue weighted by Gasteiger charge is -2.02. The van der Waals surface area contributed by atoms with Crippen LogP contribution >= 0.6 is 0 Å². The van der Waals surface area contributed by atoms with E-state index in [1.54, 1.807) is 0 Å². The summed E-state index contributed by atoms with van der Waals surface area (Å²) in [5, 5.41) is 10.7. The van der Waals surface area contributed by atoms with Crippen molar-refractivity contribution in [1.82, 2.24) is 0 Å². The smallest absolute Gasteiger partial charge is 0.132 e. The van der Waals surface area contributed by atoms with E-state index in [1.807, 2.05) is 0 Å². The molecule has 1 radical (unpaired) electrons. The molecule has 1 nitrogen and oxygen atoms in total. The SMILES string of the molecule is CC([O])c1ccc(F)cc1F. The van der Waals surface area contributed by atoms with Crippen LogP contribution in [-0.4, -0.2) is 0 Å². The predicted octanol–water partition coefficient (Wildman–Crippen LogP) is 2.46. The zero-order chi connectivity index (χ0) is 8.43. The van der Waals surface area contributed by atoms with E-state index in [9.17, 15) is 13.9 Å². The second-order valence-corrected chi connectivity index (χ2v) is 2.31. The molecule has 0 heterocycles. The maximum absolute atomic E-state index is 12.7. The molecule has 0 aliphatic rings. The average Bonchev–Trinajstić information content (AvgIpc) is 1.85. The Morgan fingerprint density at radius 3 is 2.45 bits per heavy atom. The van der Waals surface area contributed by atoms with Crippen molar-refractivity contribution in [2.24, 2.45) is 0 Å². The van der Waals surface area contributed by atoms with Crippen LogP contribution < -0.4 is 0 Å². The lowest BCUT2D eigenvalue weighted by atomic mass is 10.1. The molecule has 0 amide bonds. The van der Waals surface area contributed by atoms with Gasteiger partial charge in [-0.05, 0) is 13.0 Å². The second kappa shape index (κ2) is 2.96. The molecular weight excluding hydrogens is 150 g/mol. The third kappa shape index (κ3) is 1.74. The van der Waals surface area contributed by atoms with Gasteiger partial charge in [-0.1, -0.05) is 6.07 Å². The molecule has 1 aromatic carbocycles. The fourth-order valence-corrected chi connectivity index (χ4v) is 0.831. The third-order valence-corrected chi connectivity index (χ3v) is 1.40. The lowest BCUT2D eigenvalue weighted by Crippen LogP contribution is -1.94. The van der Waals surface area contributed by atoms with E-state index in [4.69, 9.17) is 0 Å². The Balaban J connectivity index is 3.09. The highest BCUT2D eigenvalue weighted by Gasteiger charge is 2.08. The van der Waals surface area contributed by atoms with Crippen LogP contribution in [0.1, 0.15) is 18.6 Å². The van der Waals surface area contributed by atoms with Crippen molar-refractivity contribution >= 4 is 0 Å². The first-order valence-corrected chi connectivity index (χ1v) is 3.22. The van der Waals surface area contributed by atoms with Crippen LogP contribution in [-0.2, 0) is 5.11 Å². The van der Waals surface area contributed by atoms with E-state index in [1.165, 1.54) is 13.0 Å². The minimum absolute atomic E-state index is 0.00593. The molecule has 0 aromatic heterocycles. The molecule has 0 fully saturated rings. The summed E-state index contributed by atoms with van der Waals surface area (Å²) >= 11 is 0. The fraction of sp³-hybridized carbons (Fsp3) is 0.250. The standard InChI is InChI=1S/C8H7F2O/c1-5(11)7-3-2-6(9)4-8(7)10/h2-5H,1H3. The van der Waals surface area contributed by atoms with Crippen LogP contribution in [0.25, 0.3) is 0 Å². The van der Waals surface area contributed by atoms with Crippen LogP contribution in [0.2, 0.25) is 0 Å². The quantitative estimate of drug-likeness (QED) is 0.596. The summed E-state index contributed by atoms with van der Waals surface area (Å²) in [6, 6.07) is 2.96. The molecule has 0 saturated heterocycles. The number of halogens is 2. The van der Waals surface area contributed by atoms with E-state index in [-0.39, 0.29) is 5.56 Å². The average molecular weight is 157 g/mol. The van der Waals surface area contributed by atoms with Crippen LogP contribution in [0.5, 0.6) is 0 Å². The van der Waals surface area contributed by atoms with Gasteiger partial charge in [0.15, 0.2) is 0 Å². The first-order chi connectivity index (χ1) is 5.11. The van der Waals surface area contributed by atoms with E-state index in [0.717, 1.165) is 6.07 Å². The normalized spacial score (nSPS) is 13.1. The molecule has 1 unspecified atom stereocenters. The summed E-state index contributed by atoms with van der Waals surface area (Å²) < 4.78 is 24.9. The molecule has 0 saturated carbocycles. The zero-order valence-electron chi connectivity index (χ0n) is 5.97. The number of rotatable bonds is 1. The van der Waals surface area contributed by atoms with Gasteiger partial charge in [-0.3, -0.25) is 0 Å². The van der Waals surface area contributed by atoms with Crippen LogP contribution in [0.4, 0.5) is 8.78 Å². The second-order valence-electron chi connectivity index (χ2n) is 2.31. The first kappa shape index (κ1) is 8.14. The molecular formula is C8H7F2O. The Morgan fingerprint density at radius 1 is 1.36 bits per heavy atom. The summed E-state index contributed by atoms with van der Waals surface area (Å²) in [6.45, 7) is 1.32. The van der Waals surface area contributed by atoms with Crippen molar-refractivity contribution in [3.8, 4) is 0 Å². The number of hydrogen-bond donors (Lipinski definition) is 0. The van der Waals surface area contributed by atoms with Gasteiger partial charge in [0.25, 0.3) is 0 Å².